The van der Waals surface area contributed by atoms with E-state index in [9.17, 15) is 4.79 Å². The molecular weight excluding hydrogens is 378 g/mol. The summed E-state index contributed by atoms with van der Waals surface area (Å²) in [5.41, 5.74) is 2.02. The average Bonchev–Trinajstić information content (AvgIpc) is 3.16. The summed E-state index contributed by atoms with van der Waals surface area (Å²) in [5.74, 6) is 1.30. The predicted molar refractivity (Wildman–Crippen MR) is 107 cm³/mol. The van der Waals surface area contributed by atoms with Gasteiger partial charge in [-0.05, 0) is 37.6 Å². The lowest BCUT2D eigenvalue weighted by atomic mass is 10.1. The van der Waals surface area contributed by atoms with Gasteiger partial charge in [0.15, 0.2) is 6.10 Å². The van der Waals surface area contributed by atoms with Crippen molar-refractivity contribution in [3.8, 4) is 17.1 Å². The normalized spacial score (nSPS) is 11.9. The number of hydrogen-bond donors (Lipinski definition) is 0. The van der Waals surface area contributed by atoms with E-state index in [1.165, 1.54) is 4.90 Å². The highest BCUT2D eigenvalue weighted by atomic mass is 35.5. The van der Waals surface area contributed by atoms with Crippen LogP contribution in [0.25, 0.3) is 11.4 Å². The summed E-state index contributed by atoms with van der Waals surface area (Å²) in [6.45, 7) is 4.12. The van der Waals surface area contributed by atoms with Crippen LogP contribution in [0.15, 0.2) is 53.1 Å². The van der Waals surface area contributed by atoms with Gasteiger partial charge in [0.25, 0.3) is 5.91 Å². The predicted octanol–water partition coefficient (Wildman–Crippen LogP) is 4.51. The molecule has 0 aliphatic carbocycles. The Morgan fingerprint density at radius 2 is 1.86 bits per heavy atom. The molecule has 3 aromatic rings. The number of likely N-dealkylation sites (N-methyl/N-ethyl adjacent to an activating group) is 1. The number of benzene rings is 2. The second kappa shape index (κ2) is 8.89. The van der Waals surface area contributed by atoms with Crippen LogP contribution in [0.5, 0.6) is 5.75 Å². The Morgan fingerprint density at radius 1 is 1.18 bits per heavy atom. The molecule has 6 nitrogen and oxygen atoms in total. The summed E-state index contributed by atoms with van der Waals surface area (Å²) >= 11 is 5.89. The molecule has 28 heavy (non-hydrogen) atoms. The number of nitrogens with zero attached hydrogens (tertiary/aromatic N) is 3. The molecule has 146 valence electrons. The first-order valence-corrected chi connectivity index (χ1v) is 9.41. The molecule has 1 amide bonds. The standard InChI is InChI=1S/C21H22ClN3O3/c1-4-18(27-17-11-9-16(22)10-12-17)21(26)25(3)13-19-23-20(24-28-19)15-7-5-14(2)6-8-15/h5-12,18H,4,13H2,1-3H3/t18-/m1/s1. The monoisotopic (exact) mass is 399 g/mol. The average molecular weight is 400 g/mol. The highest BCUT2D eigenvalue weighted by Gasteiger charge is 2.24. The number of aryl methyl sites for hydroxylation is 1. The molecule has 1 atom stereocenters. The second-order valence-corrected chi connectivity index (χ2v) is 6.98. The molecule has 7 heteroatoms. The summed E-state index contributed by atoms with van der Waals surface area (Å²) in [7, 11) is 1.69. The van der Waals surface area contributed by atoms with Crippen LogP contribution in [-0.4, -0.2) is 34.1 Å². The van der Waals surface area contributed by atoms with Crippen molar-refractivity contribution in [2.45, 2.75) is 32.9 Å². The first-order valence-electron chi connectivity index (χ1n) is 9.03. The molecule has 0 unspecified atom stereocenters. The van der Waals surface area contributed by atoms with E-state index in [4.69, 9.17) is 20.9 Å². The molecule has 0 radical (unpaired) electrons. The zero-order valence-corrected chi connectivity index (χ0v) is 16.8. The van der Waals surface area contributed by atoms with Crippen LogP contribution in [-0.2, 0) is 11.3 Å². The number of ether oxygens (including phenoxy) is 1. The molecule has 3 rings (SSSR count). The van der Waals surface area contributed by atoms with Gasteiger partial charge in [0, 0.05) is 17.6 Å². The Balaban J connectivity index is 1.64. The van der Waals surface area contributed by atoms with Gasteiger partial charge in [0.2, 0.25) is 11.7 Å². The minimum atomic E-state index is -0.606. The van der Waals surface area contributed by atoms with Crippen LogP contribution in [0, 0.1) is 6.92 Å². The first-order chi connectivity index (χ1) is 13.5. The highest BCUT2D eigenvalue weighted by molar-refractivity contribution is 6.30. The summed E-state index contributed by atoms with van der Waals surface area (Å²) in [6, 6.07) is 14.8. The van der Waals surface area contributed by atoms with Crippen LogP contribution in [0.4, 0.5) is 0 Å². The zero-order chi connectivity index (χ0) is 20.1. The Hall–Kier alpha value is -2.86. The molecule has 0 bridgehead atoms. The third-order valence-corrected chi connectivity index (χ3v) is 4.52. The fraction of sp³-hybridized carbons (Fsp3) is 0.286. The van der Waals surface area contributed by atoms with E-state index < -0.39 is 6.10 Å². The van der Waals surface area contributed by atoms with Crippen LogP contribution in [0.2, 0.25) is 5.02 Å². The van der Waals surface area contributed by atoms with Crippen molar-refractivity contribution in [3.63, 3.8) is 0 Å². The molecule has 0 fully saturated rings. The number of carbonyl (C=O) groups excluding carboxylic acids is 1. The Morgan fingerprint density at radius 3 is 2.50 bits per heavy atom. The van der Waals surface area contributed by atoms with Crippen LogP contribution >= 0.6 is 11.6 Å². The van der Waals surface area contributed by atoms with Gasteiger partial charge in [-0.15, -0.1) is 0 Å². The minimum absolute atomic E-state index is 0.160. The fourth-order valence-electron chi connectivity index (χ4n) is 2.65. The number of carbonyl (C=O) groups is 1. The van der Waals surface area contributed by atoms with Crippen LogP contribution < -0.4 is 4.74 Å². The van der Waals surface area contributed by atoms with Crippen LogP contribution in [0.1, 0.15) is 24.8 Å². The summed E-state index contributed by atoms with van der Waals surface area (Å²) in [4.78, 5) is 18.7. The topological polar surface area (TPSA) is 68.5 Å². The van der Waals surface area contributed by atoms with E-state index in [0.29, 0.717) is 28.9 Å². The van der Waals surface area contributed by atoms with E-state index in [1.807, 2.05) is 38.1 Å². The van der Waals surface area contributed by atoms with Crippen molar-refractivity contribution in [1.29, 1.82) is 0 Å². The zero-order valence-electron chi connectivity index (χ0n) is 16.1. The second-order valence-electron chi connectivity index (χ2n) is 6.54. The van der Waals surface area contributed by atoms with Crippen molar-refractivity contribution in [2.75, 3.05) is 7.05 Å². The van der Waals surface area contributed by atoms with Gasteiger partial charge in [-0.25, -0.2) is 0 Å². The molecule has 0 saturated carbocycles. The summed E-state index contributed by atoms with van der Waals surface area (Å²) < 4.78 is 11.1. The minimum Gasteiger partial charge on any atom is -0.481 e. The third-order valence-electron chi connectivity index (χ3n) is 4.26. The van der Waals surface area contributed by atoms with Gasteiger partial charge in [-0.3, -0.25) is 4.79 Å². The van der Waals surface area contributed by atoms with Gasteiger partial charge in [0.1, 0.15) is 5.75 Å². The summed E-state index contributed by atoms with van der Waals surface area (Å²) in [6.07, 6.45) is -0.0739. The van der Waals surface area contributed by atoms with E-state index in [1.54, 1.807) is 31.3 Å². The molecule has 0 aliphatic rings. The lowest BCUT2D eigenvalue weighted by molar-refractivity contribution is -0.138. The van der Waals surface area contributed by atoms with Crippen molar-refractivity contribution in [1.82, 2.24) is 15.0 Å². The molecule has 0 aliphatic heterocycles. The summed E-state index contributed by atoms with van der Waals surface area (Å²) in [5, 5.41) is 4.62. The van der Waals surface area contributed by atoms with Crippen LogP contribution in [0.3, 0.4) is 0 Å². The van der Waals surface area contributed by atoms with Crippen molar-refractivity contribution >= 4 is 17.5 Å². The molecule has 2 aromatic carbocycles. The number of halogens is 1. The van der Waals surface area contributed by atoms with E-state index in [2.05, 4.69) is 10.1 Å². The lowest BCUT2D eigenvalue weighted by Crippen LogP contribution is -2.39. The van der Waals surface area contributed by atoms with Gasteiger partial charge >= 0.3 is 0 Å². The maximum Gasteiger partial charge on any atom is 0.263 e. The first kappa shape index (κ1) is 19.9. The molecule has 0 saturated heterocycles. The maximum atomic E-state index is 12.7. The van der Waals surface area contributed by atoms with Gasteiger partial charge in [-0.2, -0.15) is 4.98 Å². The maximum absolute atomic E-state index is 12.7. The lowest BCUT2D eigenvalue weighted by Gasteiger charge is -2.22. The van der Waals surface area contributed by atoms with Gasteiger partial charge in [-0.1, -0.05) is 53.5 Å². The van der Waals surface area contributed by atoms with Crippen molar-refractivity contribution < 1.29 is 14.1 Å². The number of hydrogen-bond acceptors (Lipinski definition) is 5. The molecule has 1 heterocycles. The Labute approximate surface area is 169 Å². The third kappa shape index (κ3) is 4.89. The molecule has 0 N–H and O–H groups in total. The van der Waals surface area contributed by atoms with E-state index in [0.717, 1.165) is 11.1 Å². The largest absolute Gasteiger partial charge is 0.481 e. The smallest absolute Gasteiger partial charge is 0.263 e. The van der Waals surface area contributed by atoms with E-state index >= 15 is 0 Å². The van der Waals surface area contributed by atoms with E-state index in [-0.39, 0.29) is 12.5 Å². The SMILES string of the molecule is CC[C@@H](Oc1ccc(Cl)cc1)C(=O)N(C)Cc1nc(-c2ccc(C)cc2)no1. The quantitative estimate of drug-likeness (QED) is 0.584. The highest BCUT2D eigenvalue weighted by Crippen LogP contribution is 2.20. The Bertz CT molecular complexity index is 923. The number of aromatic nitrogens is 2. The van der Waals surface area contributed by atoms with Gasteiger partial charge < -0.3 is 14.2 Å². The molecular formula is C21H22ClN3O3. The Kier molecular flexibility index (Phi) is 6.31. The number of amides is 1. The fourth-order valence-corrected chi connectivity index (χ4v) is 2.78. The molecule has 0 spiro atoms. The van der Waals surface area contributed by atoms with Crippen molar-refractivity contribution in [3.05, 3.63) is 65.0 Å². The van der Waals surface area contributed by atoms with Crippen molar-refractivity contribution in [2.24, 2.45) is 0 Å². The molecule has 1 aromatic heterocycles. The van der Waals surface area contributed by atoms with Gasteiger partial charge in [0.05, 0.1) is 6.54 Å². The number of rotatable bonds is 7.